The predicted octanol–water partition coefficient (Wildman–Crippen LogP) is 3.05. The molecule has 0 aliphatic rings. The van der Waals surface area contributed by atoms with Crippen LogP contribution in [0.25, 0.3) is 0 Å². The number of hydrogen-bond acceptors (Lipinski definition) is 7. The molecule has 28 heavy (non-hydrogen) atoms. The summed E-state index contributed by atoms with van der Waals surface area (Å²) in [7, 11) is 0. The molecule has 3 N–H and O–H groups in total. The van der Waals surface area contributed by atoms with E-state index in [1.807, 2.05) is 16.8 Å². The van der Waals surface area contributed by atoms with Gasteiger partial charge < -0.3 is 15.7 Å². The lowest BCUT2D eigenvalue weighted by Gasteiger charge is -2.06. The number of rotatable bonds is 6. The minimum atomic E-state index is -0.871. The van der Waals surface area contributed by atoms with Crippen LogP contribution in [0.4, 0.5) is 11.4 Å². The van der Waals surface area contributed by atoms with Crippen molar-refractivity contribution < 1.29 is 19.6 Å². The van der Waals surface area contributed by atoms with E-state index in [9.17, 15) is 24.8 Å². The normalized spacial score (nSPS) is 11.6. The van der Waals surface area contributed by atoms with Crippen molar-refractivity contribution >= 4 is 45.9 Å². The van der Waals surface area contributed by atoms with E-state index in [2.05, 4.69) is 10.6 Å². The van der Waals surface area contributed by atoms with Gasteiger partial charge in [-0.15, -0.1) is 11.3 Å². The van der Waals surface area contributed by atoms with Crippen molar-refractivity contribution in [2.75, 3.05) is 5.32 Å². The van der Waals surface area contributed by atoms with Gasteiger partial charge in [0.05, 0.1) is 11.5 Å². The number of benzene rings is 1. The Labute approximate surface area is 167 Å². The van der Waals surface area contributed by atoms with E-state index in [4.69, 9.17) is 0 Å². The average molecular weight is 417 g/mol. The van der Waals surface area contributed by atoms with Crippen LogP contribution in [-0.4, -0.2) is 21.8 Å². The van der Waals surface area contributed by atoms with Gasteiger partial charge in [-0.25, -0.2) is 0 Å². The number of carbonyl (C=O) groups is 2. The van der Waals surface area contributed by atoms with Crippen molar-refractivity contribution in [3.05, 3.63) is 78.7 Å². The Kier molecular flexibility index (Phi) is 6.14. The van der Waals surface area contributed by atoms with Gasteiger partial charge in [0.2, 0.25) is 0 Å². The molecule has 0 aliphatic carbocycles. The van der Waals surface area contributed by atoms with Gasteiger partial charge in [0.15, 0.2) is 0 Å². The molecule has 1 unspecified atom stereocenters. The van der Waals surface area contributed by atoms with Crippen molar-refractivity contribution in [2.45, 2.75) is 12.6 Å². The maximum absolute atomic E-state index is 11.9. The molecule has 2 aromatic heterocycles. The number of nitro benzene ring substituents is 1. The first kappa shape index (κ1) is 19.7. The molecule has 8 nitrogen and oxygen atoms in total. The number of nitrogens with one attached hydrogen (secondary N) is 2. The number of thiophene rings is 2. The molecule has 3 rings (SSSR count). The third-order valence-corrected chi connectivity index (χ3v) is 5.62. The topological polar surface area (TPSA) is 122 Å². The molecule has 2 amide bonds. The highest BCUT2D eigenvalue weighted by Gasteiger charge is 2.16. The maximum Gasteiger partial charge on any atom is 0.313 e. The average Bonchev–Trinajstić information content (AvgIpc) is 3.38. The molecule has 0 fully saturated rings. The van der Waals surface area contributed by atoms with Crippen molar-refractivity contribution in [3.8, 4) is 0 Å². The molecule has 3 aromatic rings. The number of aliphatic hydroxyl groups excluding tert-OH is 1. The highest BCUT2D eigenvalue weighted by Crippen LogP contribution is 2.29. The molecule has 1 atom stereocenters. The van der Waals surface area contributed by atoms with Crippen LogP contribution in [0.2, 0.25) is 0 Å². The van der Waals surface area contributed by atoms with E-state index < -0.39 is 22.8 Å². The monoisotopic (exact) mass is 417 g/mol. The summed E-state index contributed by atoms with van der Waals surface area (Å²) in [6, 6.07) is 10.6. The number of non-ortho nitro benzene ring substituents is 1. The molecule has 0 bridgehead atoms. The largest absolute Gasteiger partial charge is 0.383 e. The molecule has 10 heteroatoms. The van der Waals surface area contributed by atoms with Crippen LogP contribution in [0.5, 0.6) is 0 Å². The summed E-state index contributed by atoms with van der Waals surface area (Å²) in [5.41, 5.74) is 0.980. The summed E-state index contributed by atoms with van der Waals surface area (Å²) in [4.78, 5) is 35.5. The van der Waals surface area contributed by atoms with E-state index >= 15 is 0 Å². The summed E-state index contributed by atoms with van der Waals surface area (Å²) in [5.74, 6) is -1.70. The lowest BCUT2D eigenvalue weighted by Crippen LogP contribution is -2.34. The molecule has 1 aromatic carbocycles. The first-order valence-electron chi connectivity index (χ1n) is 8.06. The maximum atomic E-state index is 11.9. The van der Waals surface area contributed by atoms with E-state index in [1.54, 1.807) is 12.1 Å². The Hall–Kier alpha value is -3.08. The fourth-order valence-electron chi connectivity index (χ4n) is 2.33. The van der Waals surface area contributed by atoms with Crippen LogP contribution in [0, 0.1) is 10.1 Å². The number of aliphatic hydroxyl groups is 1. The molecule has 0 aliphatic heterocycles. The first-order chi connectivity index (χ1) is 13.4. The molecule has 144 valence electrons. The molecule has 2 heterocycles. The van der Waals surface area contributed by atoms with Crippen LogP contribution in [0.3, 0.4) is 0 Å². The van der Waals surface area contributed by atoms with E-state index in [1.165, 1.54) is 46.9 Å². The Morgan fingerprint density at radius 2 is 1.86 bits per heavy atom. The van der Waals surface area contributed by atoms with Crippen LogP contribution in [0.15, 0.2) is 53.2 Å². The van der Waals surface area contributed by atoms with Crippen LogP contribution in [0.1, 0.15) is 21.4 Å². The third-order valence-electron chi connectivity index (χ3n) is 3.78. The molecule has 0 radical (unpaired) electrons. The highest BCUT2D eigenvalue weighted by molar-refractivity contribution is 7.12. The number of nitro groups is 1. The second-order valence-electron chi connectivity index (χ2n) is 5.70. The number of anilines is 1. The van der Waals surface area contributed by atoms with Gasteiger partial charge in [-0.3, -0.25) is 19.7 Å². The Morgan fingerprint density at radius 3 is 2.50 bits per heavy atom. The van der Waals surface area contributed by atoms with Crippen LogP contribution in [-0.2, 0) is 16.1 Å². The molecular weight excluding hydrogens is 402 g/mol. The zero-order valence-electron chi connectivity index (χ0n) is 14.3. The van der Waals surface area contributed by atoms with Crippen LogP contribution < -0.4 is 10.6 Å². The Balaban J connectivity index is 1.52. The van der Waals surface area contributed by atoms with Gasteiger partial charge in [-0.1, -0.05) is 0 Å². The summed E-state index contributed by atoms with van der Waals surface area (Å²) >= 11 is 2.84. The van der Waals surface area contributed by atoms with Gasteiger partial charge in [0.25, 0.3) is 5.69 Å². The lowest BCUT2D eigenvalue weighted by molar-refractivity contribution is -0.384. The lowest BCUT2D eigenvalue weighted by atomic mass is 10.2. The SMILES string of the molecule is O=C(NCc1ccc(C(O)c2ccsc2)s1)C(=O)Nc1ccc([N+](=O)[O-])cc1. The third kappa shape index (κ3) is 4.80. The molecule has 0 spiro atoms. The van der Waals surface area contributed by atoms with Crippen molar-refractivity contribution in [2.24, 2.45) is 0 Å². The highest BCUT2D eigenvalue weighted by atomic mass is 32.1. The van der Waals surface area contributed by atoms with Gasteiger partial charge in [0, 0.05) is 27.6 Å². The Bertz CT molecular complexity index is 983. The van der Waals surface area contributed by atoms with Crippen molar-refractivity contribution in [3.63, 3.8) is 0 Å². The summed E-state index contributed by atoms with van der Waals surface area (Å²) in [5, 5.41) is 29.6. The minimum absolute atomic E-state index is 0.111. The standard InChI is InChI=1S/C18H15N3O5S2/c22-16(11-7-8-27-10-11)15-6-5-14(28-15)9-19-17(23)18(24)20-12-1-3-13(4-2-12)21(25)26/h1-8,10,16,22H,9H2,(H,19,23)(H,20,24). The van der Waals surface area contributed by atoms with Crippen molar-refractivity contribution in [1.82, 2.24) is 5.32 Å². The number of carbonyl (C=O) groups excluding carboxylic acids is 2. The zero-order valence-corrected chi connectivity index (χ0v) is 16.0. The van der Waals surface area contributed by atoms with E-state index in [0.717, 1.165) is 15.3 Å². The summed E-state index contributed by atoms with van der Waals surface area (Å²) < 4.78 is 0. The van der Waals surface area contributed by atoms with Gasteiger partial charge >= 0.3 is 11.8 Å². The molecular formula is C18H15N3O5S2. The second kappa shape index (κ2) is 8.74. The van der Waals surface area contributed by atoms with Gasteiger partial charge in [0.1, 0.15) is 6.10 Å². The summed E-state index contributed by atoms with van der Waals surface area (Å²) in [6.07, 6.45) is -0.717. The smallest absolute Gasteiger partial charge is 0.313 e. The fraction of sp³-hybridized carbons (Fsp3) is 0.111. The molecule has 0 saturated carbocycles. The fourth-order valence-corrected chi connectivity index (χ4v) is 3.98. The quantitative estimate of drug-likeness (QED) is 0.323. The van der Waals surface area contributed by atoms with Crippen LogP contribution >= 0.6 is 22.7 Å². The Morgan fingerprint density at radius 1 is 1.11 bits per heavy atom. The van der Waals surface area contributed by atoms with E-state index in [0.29, 0.717) is 0 Å². The van der Waals surface area contributed by atoms with Crippen molar-refractivity contribution in [1.29, 1.82) is 0 Å². The number of hydrogen-bond donors (Lipinski definition) is 3. The number of nitrogens with zero attached hydrogens (tertiary/aromatic N) is 1. The van der Waals surface area contributed by atoms with E-state index in [-0.39, 0.29) is 17.9 Å². The number of amides is 2. The first-order valence-corrected chi connectivity index (χ1v) is 9.82. The molecule has 0 saturated heterocycles. The second-order valence-corrected chi connectivity index (χ2v) is 7.68. The van der Waals surface area contributed by atoms with Gasteiger partial charge in [-0.2, -0.15) is 11.3 Å². The minimum Gasteiger partial charge on any atom is -0.383 e. The summed E-state index contributed by atoms with van der Waals surface area (Å²) in [6.45, 7) is 0.146. The van der Waals surface area contributed by atoms with Gasteiger partial charge in [-0.05, 0) is 46.7 Å². The zero-order chi connectivity index (χ0) is 20.1. The predicted molar refractivity (Wildman–Crippen MR) is 106 cm³/mol.